The van der Waals surface area contributed by atoms with Gasteiger partial charge in [-0.05, 0) is 18.4 Å². The van der Waals surface area contributed by atoms with Crippen LogP contribution in [0.4, 0.5) is 0 Å². The predicted octanol–water partition coefficient (Wildman–Crippen LogP) is 0.888. The lowest BCUT2D eigenvalue weighted by Crippen LogP contribution is -2.48. The zero-order valence-electron chi connectivity index (χ0n) is 15.1. The zero-order valence-corrected chi connectivity index (χ0v) is 15.1. The Morgan fingerprint density at radius 3 is 2.64 bits per heavy atom. The summed E-state index contributed by atoms with van der Waals surface area (Å²) in [5, 5.41) is 3.22. The summed E-state index contributed by atoms with van der Waals surface area (Å²) in [4.78, 5) is 9.39. The maximum Gasteiger partial charge on any atom is 0.188 e. The molecule has 2 saturated heterocycles. The number of rotatable bonds is 7. The molecule has 2 fully saturated rings. The third-order valence-corrected chi connectivity index (χ3v) is 4.94. The second kappa shape index (κ2) is 9.75. The minimum atomic E-state index is 0.262. The van der Waals surface area contributed by atoms with Gasteiger partial charge in [-0.2, -0.15) is 0 Å². The number of benzene rings is 1. The number of ether oxygens (including phenoxy) is 1. The number of nitrogens with two attached hydrogens (primary N) is 1. The van der Waals surface area contributed by atoms with Gasteiger partial charge in [0.1, 0.15) is 0 Å². The Bertz CT molecular complexity index is 522. The minimum Gasteiger partial charge on any atom is -0.376 e. The van der Waals surface area contributed by atoms with Crippen molar-refractivity contribution >= 4 is 5.96 Å². The third-order valence-electron chi connectivity index (χ3n) is 4.94. The van der Waals surface area contributed by atoms with Crippen LogP contribution in [0, 0.1) is 0 Å². The molecule has 0 aromatic heterocycles. The van der Waals surface area contributed by atoms with E-state index in [-0.39, 0.29) is 6.10 Å². The number of guanidine groups is 1. The number of nitrogens with zero attached hydrogens (tertiary/aromatic N) is 3. The van der Waals surface area contributed by atoms with Gasteiger partial charge < -0.3 is 15.8 Å². The molecule has 6 heteroatoms. The zero-order chi connectivity index (χ0) is 17.3. The first-order chi connectivity index (χ1) is 12.3. The molecule has 1 atom stereocenters. The molecule has 0 saturated carbocycles. The fourth-order valence-electron chi connectivity index (χ4n) is 3.40. The second-order valence-corrected chi connectivity index (χ2v) is 6.89. The van der Waals surface area contributed by atoms with E-state index in [1.165, 1.54) is 5.56 Å². The van der Waals surface area contributed by atoms with Crippen LogP contribution >= 0.6 is 0 Å². The largest absolute Gasteiger partial charge is 0.376 e. The lowest BCUT2D eigenvalue weighted by molar-refractivity contribution is 0.117. The van der Waals surface area contributed by atoms with Crippen LogP contribution in [0.2, 0.25) is 0 Å². The first kappa shape index (κ1) is 18.2. The van der Waals surface area contributed by atoms with Crippen molar-refractivity contribution in [2.45, 2.75) is 25.5 Å². The molecule has 0 radical (unpaired) electrons. The lowest BCUT2D eigenvalue weighted by Gasteiger charge is -2.34. The number of nitrogens with one attached hydrogen (secondary N) is 1. The van der Waals surface area contributed by atoms with Gasteiger partial charge in [0, 0.05) is 52.4 Å². The topological polar surface area (TPSA) is 66.1 Å². The van der Waals surface area contributed by atoms with Crippen molar-refractivity contribution in [1.82, 2.24) is 15.1 Å². The van der Waals surface area contributed by atoms with E-state index in [2.05, 4.69) is 50.4 Å². The highest BCUT2D eigenvalue weighted by Gasteiger charge is 2.17. The quantitative estimate of drug-likeness (QED) is 0.567. The standard InChI is InChI=1S/C19H31N5O/c20-19(22-15-18-7-4-14-25-18)21-8-9-23-10-12-24(13-11-23)16-17-5-2-1-3-6-17/h1-3,5-6,18H,4,7-16H2,(H3,20,21,22). The van der Waals surface area contributed by atoms with Gasteiger partial charge in [-0.25, -0.2) is 0 Å². The molecule has 0 spiro atoms. The molecule has 6 nitrogen and oxygen atoms in total. The summed E-state index contributed by atoms with van der Waals surface area (Å²) in [6, 6.07) is 10.7. The fraction of sp³-hybridized carbons (Fsp3) is 0.632. The maximum atomic E-state index is 5.93. The molecule has 1 unspecified atom stereocenters. The van der Waals surface area contributed by atoms with E-state index in [0.29, 0.717) is 12.5 Å². The number of hydrogen-bond donors (Lipinski definition) is 2. The van der Waals surface area contributed by atoms with E-state index in [1.54, 1.807) is 0 Å². The molecule has 1 aromatic rings. The molecule has 0 amide bonds. The van der Waals surface area contributed by atoms with Crippen molar-refractivity contribution in [3.8, 4) is 0 Å². The summed E-state index contributed by atoms with van der Waals surface area (Å²) in [7, 11) is 0. The molecule has 3 rings (SSSR count). The highest BCUT2D eigenvalue weighted by Crippen LogP contribution is 2.11. The molecule has 2 aliphatic rings. The predicted molar refractivity (Wildman–Crippen MR) is 102 cm³/mol. The van der Waals surface area contributed by atoms with E-state index in [1.807, 2.05) is 0 Å². The number of hydrogen-bond acceptors (Lipinski definition) is 4. The minimum absolute atomic E-state index is 0.262. The Labute approximate surface area is 151 Å². The first-order valence-corrected chi connectivity index (χ1v) is 9.43. The van der Waals surface area contributed by atoms with Crippen molar-refractivity contribution in [1.29, 1.82) is 0 Å². The number of piperazine rings is 1. The van der Waals surface area contributed by atoms with Crippen molar-refractivity contribution in [3.05, 3.63) is 35.9 Å². The summed E-state index contributed by atoms with van der Waals surface area (Å²) < 4.78 is 5.55. The van der Waals surface area contributed by atoms with Gasteiger partial charge in [0.15, 0.2) is 5.96 Å². The van der Waals surface area contributed by atoms with E-state index in [4.69, 9.17) is 10.5 Å². The van der Waals surface area contributed by atoms with Gasteiger partial charge in [0.05, 0.1) is 12.6 Å². The maximum absolute atomic E-state index is 5.93. The van der Waals surface area contributed by atoms with Gasteiger partial charge in [-0.3, -0.25) is 14.8 Å². The third kappa shape index (κ3) is 6.30. The smallest absolute Gasteiger partial charge is 0.188 e. The molecular formula is C19H31N5O. The van der Waals surface area contributed by atoms with Crippen molar-refractivity contribution in [2.24, 2.45) is 10.7 Å². The summed E-state index contributed by atoms with van der Waals surface area (Å²) in [6.07, 6.45) is 2.51. The fourth-order valence-corrected chi connectivity index (χ4v) is 3.40. The van der Waals surface area contributed by atoms with Crippen LogP contribution in [0.3, 0.4) is 0 Å². The van der Waals surface area contributed by atoms with Crippen LogP contribution in [0.5, 0.6) is 0 Å². The van der Waals surface area contributed by atoms with E-state index in [0.717, 1.165) is 65.3 Å². The summed E-state index contributed by atoms with van der Waals surface area (Å²) in [6.45, 7) is 8.92. The monoisotopic (exact) mass is 345 g/mol. The van der Waals surface area contributed by atoms with Crippen molar-refractivity contribution in [2.75, 3.05) is 52.4 Å². The van der Waals surface area contributed by atoms with E-state index >= 15 is 0 Å². The van der Waals surface area contributed by atoms with Crippen molar-refractivity contribution in [3.63, 3.8) is 0 Å². The Morgan fingerprint density at radius 1 is 1.16 bits per heavy atom. The SMILES string of the molecule is NC(=NCC1CCCO1)NCCN1CCN(Cc2ccccc2)CC1. The van der Waals surface area contributed by atoms with Crippen LogP contribution in [0.1, 0.15) is 18.4 Å². The van der Waals surface area contributed by atoms with Gasteiger partial charge in [0.25, 0.3) is 0 Å². The Hall–Kier alpha value is -1.63. The number of aliphatic imine (C=N–C) groups is 1. The van der Waals surface area contributed by atoms with Crippen LogP contribution in [-0.2, 0) is 11.3 Å². The Morgan fingerprint density at radius 2 is 1.92 bits per heavy atom. The van der Waals surface area contributed by atoms with Crippen molar-refractivity contribution < 1.29 is 4.74 Å². The normalized spacial score (nSPS) is 23.0. The highest BCUT2D eigenvalue weighted by atomic mass is 16.5. The molecule has 25 heavy (non-hydrogen) atoms. The lowest BCUT2D eigenvalue weighted by atomic mass is 10.2. The molecule has 1 aromatic carbocycles. The van der Waals surface area contributed by atoms with E-state index < -0.39 is 0 Å². The van der Waals surface area contributed by atoms with Crippen LogP contribution < -0.4 is 11.1 Å². The van der Waals surface area contributed by atoms with Gasteiger partial charge in [-0.15, -0.1) is 0 Å². The molecule has 3 N–H and O–H groups in total. The van der Waals surface area contributed by atoms with Gasteiger partial charge in [-0.1, -0.05) is 30.3 Å². The molecular weight excluding hydrogens is 314 g/mol. The Kier molecular flexibility index (Phi) is 7.09. The molecule has 138 valence electrons. The van der Waals surface area contributed by atoms with Crippen LogP contribution in [0.25, 0.3) is 0 Å². The summed E-state index contributed by atoms with van der Waals surface area (Å²) >= 11 is 0. The highest BCUT2D eigenvalue weighted by molar-refractivity contribution is 5.77. The first-order valence-electron chi connectivity index (χ1n) is 9.43. The molecule has 2 heterocycles. The van der Waals surface area contributed by atoms with Gasteiger partial charge >= 0.3 is 0 Å². The molecule has 2 aliphatic heterocycles. The van der Waals surface area contributed by atoms with Crippen LogP contribution in [-0.4, -0.2) is 74.3 Å². The summed E-state index contributed by atoms with van der Waals surface area (Å²) in [5.74, 6) is 0.540. The average molecular weight is 345 g/mol. The molecule has 0 aliphatic carbocycles. The van der Waals surface area contributed by atoms with Crippen LogP contribution in [0.15, 0.2) is 35.3 Å². The van der Waals surface area contributed by atoms with E-state index in [9.17, 15) is 0 Å². The Balaban J connectivity index is 1.28. The van der Waals surface area contributed by atoms with Gasteiger partial charge in [0.2, 0.25) is 0 Å². The molecule has 0 bridgehead atoms. The average Bonchev–Trinajstić information content (AvgIpc) is 3.16. The second-order valence-electron chi connectivity index (χ2n) is 6.89. The summed E-state index contributed by atoms with van der Waals surface area (Å²) in [5.41, 5.74) is 7.33.